The predicted molar refractivity (Wildman–Crippen MR) is 114 cm³/mol. The predicted octanol–water partition coefficient (Wildman–Crippen LogP) is 3.14. The molecule has 0 unspecified atom stereocenters. The molecular weight excluding hydrogens is 389 g/mol. The molecule has 3 rings (SSSR count). The van der Waals surface area contributed by atoms with Gasteiger partial charge >= 0.3 is 0 Å². The van der Waals surface area contributed by atoms with Gasteiger partial charge in [0.1, 0.15) is 17.2 Å². The number of nitrogens with zero attached hydrogens (tertiary/aromatic N) is 1. The smallest absolute Gasteiger partial charge is 0.257 e. The molecule has 0 bridgehead atoms. The first-order chi connectivity index (χ1) is 14.2. The number of rotatable bonds is 7. The third-order valence-electron chi connectivity index (χ3n) is 4.82. The number of benzene rings is 2. The number of hydrogen-bond donors (Lipinski definition) is 3. The fraction of sp³-hybridized carbons (Fsp3) is 0.227. The highest BCUT2D eigenvalue weighted by Gasteiger charge is 2.25. The first kappa shape index (κ1) is 21.0. The molecule has 0 saturated heterocycles. The molecule has 3 N–H and O–H groups in total. The molecule has 0 aromatic heterocycles. The summed E-state index contributed by atoms with van der Waals surface area (Å²) < 4.78 is 13.6. The maximum Gasteiger partial charge on any atom is 0.257 e. The van der Waals surface area contributed by atoms with E-state index in [0.717, 1.165) is 0 Å². The Hall–Kier alpha value is -3.68. The van der Waals surface area contributed by atoms with Crippen LogP contribution in [-0.4, -0.2) is 30.0 Å². The number of halogens is 1. The van der Waals surface area contributed by atoms with Crippen LogP contribution in [0.25, 0.3) is 0 Å². The van der Waals surface area contributed by atoms with Crippen molar-refractivity contribution in [2.45, 2.75) is 19.4 Å². The van der Waals surface area contributed by atoms with E-state index in [4.69, 9.17) is 0 Å². The van der Waals surface area contributed by atoms with Crippen molar-refractivity contribution in [1.82, 2.24) is 4.90 Å². The topological polar surface area (TPSA) is 98.7 Å². The van der Waals surface area contributed by atoms with Crippen LogP contribution in [0.3, 0.4) is 0 Å². The maximum absolute atomic E-state index is 13.6. The minimum absolute atomic E-state index is 0.0143. The van der Waals surface area contributed by atoms with Crippen LogP contribution in [0.15, 0.2) is 52.1 Å². The van der Waals surface area contributed by atoms with Gasteiger partial charge < -0.3 is 20.6 Å². The Balaban J connectivity index is 1.91. The molecule has 0 aliphatic rings. The summed E-state index contributed by atoms with van der Waals surface area (Å²) in [5, 5.41) is 16.2. The first-order valence-corrected chi connectivity index (χ1v) is 9.40. The molecule has 30 heavy (non-hydrogen) atoms. The fourth-order valence-electron chi connectivity index (χ4n) is 3.16. The number of carbonyl (C=O) groups is 1. The molecule has 0 spiro atoms. The summed E-state index contributed by atoms with van der Waals surface area (Å²) in [4.78, 5) is 37.8. The van der Waals surface area contributed by atoms with Crippen LogP contribution >= 0.6 is 0 Å². The van der Waals surface area contributed by atoms with Gasteiger partial charge in [-0.1, -0.05) is 25.1 Å². The fourth-order valence-corrected chi connectivity index (χ4v) is 3.16. The van der Waals surface area contributed by atoms with E-state index < -0.39 is 22.6 Å². The number of para-hydroxylation sites is 1. The highest BCUT2D eigenvalue weighted by atomic mass is 19.1. The lowest BCUT2D eigenvalue weighted by Gasteiger charge is -2.22. The summed E-state index contributed by atoms with van der Waals surface area (Å²) in [5.41, 5.74) is -0.582. The van der Waals surface area contributed by atoms with E-state index in [1.165, 1.54) is 29.2 Å². The molecule has 0 aliphatic carbocycles. The highest BCUT2D eigenvalue weighted by molar-refractivity contribution is 5.99. The van der Waals surface area contributed by atoms with Crippen molar-refractivity contribution < 1.29 is 14.3 Å². The van der Waals surface area contributed by atoms with Crippen molar-refractivity contribution in [3.05, 3.63) is 79.9 Å². The number of anilines is 3. The molecule has 0 fully saturated rings. The molecule has 3 aromatic rings. The van der Waals surface area contributed by atoms with Crippen LogP contribution in [0, 0.1) is 5.82 Å². The zero-order valence-corrected chi connectivity index (χ0v) is 16.8. The Morgan fingerprint density at radius 1 is 1.10 bits per heavy atom. The normalized spacial score (nSPS) is 11.9. The SMILES string of the molecule is CC[C@H](Nc1c(Nc2cccc(C(=O)N(C)C)c2O)c(=O)c1=O)c1cccc(F)c1. The zero-order valence-electron chi connectivity index (χ0n) is 16.8. The second-order valence-electron chi connectivity index (χ2n) is 7.09. The van der Waals surface area contributed by atoms with E-state index in [2.05, 4.69) is 10.6 Å². The maximum atomic E-state index is 13.6. The summed E-state index contributed by atoms with van der Waals surface area (Å²) in [7, 11) is 3.11. The van der Waals surface area contributed by atoms with Gasteiger partial charge in [0.25, 0.3) is 16.8 Å². The van der Waals surface area contributed by atoms with Gasteiger partial charge in [-0.15, -0.1) is 0 Å². The van der Waals surface area contributed by atoms with Gasteiger partial charge in [0.15, 0.2) is 5.75 Å². The Bertz CT molecular complexity index is 1170. The van der Waals surface area contributed by atoms with Crippen molar-refractivity contribution >= 4 is 23.0 Å². The lowest BCUT2D eigenvalue weighted by molar-refractivity contribution is 0.0824. The number of amides is 1. The van der Waals surface area contributed by atoms with Crippen LogP contribution in [0.1, 0.15) is 35.3 Å². The highest BCUT2D eigenvalue weighted by Crippen LogP contribution is 2.33. The molecule has 0 aliphatic heterocycles. The molecule has 0 radical (unpaired) electrons. The van der Waals surface area contributed by atoms with E-state index in [0.29, 0.717) is 12.0 Å². The minimum atomic E-state index is -0.740. The molecule has 156 valence electrons. The number of aromatic hydroxyl groups is 1. The summed E-state index contributed by atoms with van der Waals surface area (Å²) in [5.74, 6) is -1.13. The van der Waals surface area contributed by atoms with Gasteiger partial charge in [-0.3, -0.25) is 14.4 Å². The van der Waals surface area contributed by atoms with E-state index in [1.807, 2.05) is 6.92 Å². The number of phenols is 1. The van der Waals surface area contributed by atoms with Crippen LogP contribution in [0.5, 0.6) is 5.75 Å². The Labute approximate surface area is 172 Å². The Morgan fingerprint density at radius 2 is 1.77 bits per heavy atom. The van der Waals surface area contributed by atoms with Gasteiger partial charge in [-0.25, -0.2) is 4.39 Å². The molecule has 0 heterocycles. The average molecular weight is 411 g/mol. The Morgan fingerprint density at radius 3 is 2.40 bits per heavy atom. The number of hydrogen-bond acceptors (Lipinski definition) is 6. The van der Waals surface area contributed by atoms with Gasteiger partial charge in [-0.2, -0.15) is 0 Å². The zero-order chi connectivity index (χ0) is 22.0. The summed E-state index contributed by atoms with van der Waals surface area (Å²) in [6.45, 7) is 1.86. The lowest BCUT2D eigenvalue weighted by Crippen LogP contribution is -2.37. The minimum Gasteiger partial charge on any atom is -0.505 e. The van der Waals surface area contributed by atoms with E-state index in [9.17, 15) is 23.9 Å². The summed E-state index contributed by atoms with van der Waals surface area (Å²) >= 11 is 0. The standard InChI is InChI=1S/C22H22FN3O4/c1-4-15(12-7-5-8-13(23)11-12)24-17-18(21(29)20(17)28)25-16-10-6-9-14(19(16)27)22(30)26(2)3/h5-11,15,24-25,27H,4H2,1-3H3/t15-/m0/s1. The molecule has 1 atom stereocenters. The molecule has 0 saturated carbocycles. The van der Waals surface area contributed by atoms with E-state index in [1.54, 1.807) is 32.3 Å². The van der Waals surface area contributed by atoms with Crippen LogP contribution < -0.4 is 21.5 Å². The second kappa shape index (κ2) is 8.36. The van der Waals surface area contributed by atoms with Crippen molar-refractivity contribution in [2.75, 3.05) is 24.7 Å². The monoisotopic (exact) mass is 411 g/mol. The van der Waals surface area contributed by atoms with Crippen molar-refractivity contribution in [2.24, 2.45) is 0 Å². The summed E-state index contributed by atoms with van der Waals surface area (Å²) in [6.07, 6.45) is 0.541. The third kappa shape index (κ3) is 3.89. The van der Waals surface area contributed by atoms with Gasteiger partial charge in [0, 0.05) is 14.1 Å². The van der Waals surface area contributed by atoms with Crippen LogP contribution in [-0.2, 0) is 0 Å². The first-order valence-electron chi connectivity index (χ1n) is 9.40. The van der Waals surface area contributed by atoms with Gasteiger partial charge in [-0.05, 0) is 36.2 Å². The van der Waals surface area contributed by atoms with E-state index in [-0.39, 0.29) is 34.4 Å². The quantitative estimate of drug-likeness (QED) is 0.408. The lowest BCUT2D eigenvalue weighted by atomic mass is 10.0. The second-order valence-corrected chi connectivity index (χ2v) is 7.09. The number of carbonyl (C=O) groups excluding carboxylic acids is 1. The van der Waals surface area contributed by atoms with Crippen molar-refractivity contribution in [3.8, 4) is 5.75 Å². The molecular formula is C22H22FN3O4. The third-order valence-corrected chi connectivity index (χ3v) is 4.82. The molecule has 1 amide bonds. The average Bonchev–Trinajstić information content (AvgIpc) is 2.73. The Kier molecular flexibility index (Phi) is 5.86. The molecule has 8 heteroatoms. The van der Waals surface area contributed by atoms with Crippen LogP contribution in [0.2, 0.25) is 0 Å². The molecule has 7 nitrogen and oxygen atoms in total. The van der Waals surface area contributed by atoms with Gasteiger partial charge in [0.05, 0.1) is 17.3 Å². The summed E-state index contributed by atoms with van der Waals surface area (Å²) in [6, 6.07) is 10.1. The van der Waals surface area contributed by atoms with E-state index >= 15 is 0 Å². The van der Waals surface area contributed by atoms with Gasteiger partial charge in [0.2, 0.25) is 0 Å². The number of phenolic OH excluding ortho intramolecular Hbond substituents is 1. The van der Waals surface area contributed by atoms with Crippen molar-refractivity contribution in [1.29, 1.82) is 0 Å². The van der Waals surface area contributed by atoms with Crippen LogP contribution in [0.4, 0.5) is 21.5 Å². The largest absolute Gasteiger partial charge is 0.505 e. The molecule has 3 aromatic carbocycles. The van der Waals surface area contributed by atoms with Crippen molar-refractivity contribution in [3.63, 3.8) is 0 Å². The number of nitrogens with one attached hydrogen (secondary N) is 2.